The largest absolute Gasteiger partial charge is 0.469 e. The highest BCUT2D eigenvalue weighted by molar-refractivity contribution is 7.89. The van der Waals surface area contributed by atoms with E-state index in [1.54, 1.807) is 28.8 Å². The van der Waals surface area contributed by atoms with E-state index in [9.17, 15) is 18.0 Å². The highest BCUT2D eigenvalue weighted by Crippen LogP contribution is 2.22. The Balaban J connectivity index is 2.14. The predicted octanol–water partition coefficient (Wildman–Crippen LogP) is 2.31. The van der Waals surface area contributed by atoms with Gasteiger partial charge in [-0.15, -0.1) is 0 Å². The average molecular weight is 454 g/mol. The molecule has 3 rings (SSSR count). The highest BCUT2D eigenvalue weighted by atomic mass is 35.5. The van der Waals surface area contributed by atoms with Crippen LogP contribution >= 0.6 is 22.9 Å². The van der Waals surface area contributed by atoms with Gasteiger partial charge in [0.25, 0.3) is 5.91 Å². The molecule has 0 radical (unpaired) electrons. The lowest BCUT2D eigenvalue weighted by atomic mass is 10.2. The minimum atomic E-state index is -3.89. The summed E-state index contributed by atoms with van der Waals surface area (Å²) < 4.78 is 30.2. The zero-order valence-electron chi connectivity index (χ0n) is 15.2. The maximum atomic E-state index is 12.6. The number of hydrogen-bond acceptors (Lipinski definition) is 6. The van der Waals surface area contributed by atoms with Gasteiger partial charge in [-0.2, -0.15) is 4.99 Å². The van der Waals surface area contributed by atoms with Gasteiger partial charge in [0.2, 0.25) is 10.0 Å². The molecule has 2 N–H and O–H groups in total. The fourth-order valence-electron chi connectivity index (χ4n) is 2.61. The summed E-state index contributed by atoms with van der Waals surface area (Å²) in [6, 6.07) is 10.7. The molecule has 0 fully saturated rings. The number of nitrogens with two attached hydrogens (primary N) is 1. The molecule has 0 aliphatic rings. The van der Waals surface area contributed by atoms with Crippen LogP contribution in [0, 0.1) is 0 Å². The number of carbonyl (C=O) groups is 2. The molecular formula is C18H16ClN3O5S2. The van der Waals surface area contributed by atoms with Crippen LogP contribution in [0.15, 0.2) is 52.4 Å². The number of halogens is 1. The lowest BCUT2D eigenvalue weighted by Gasteiger charge is -2.05. The minimum absolute atomic E-state index is 0.0534. The summed E-state index contributed by atoms with van der Waals surface area (Å²) in [5.74, 6) is -0.942. The number of hydrogen-bond donors (Lipinski definition) is 1. The van der Waals surface area contributed by atoms with Crippen LogP contribution in [0.25, 0.3) is 10.2 Å². The molecule has 8 nitrogen and oxygen atoms in total. The van der Waals surface area contributed by atoms with Crippen LogP contribution in [-0.2, 0) is 26.1 Å². The molecule has 0 spiro atoms. The van der Waals surface area contributed by atoms with Crippen LogP contribution in [0.4, 0.5) is 0 Å². The number of rotatable bonds is 5. The summed E-state index contributed by atoms with van der Waals surface area (Å²) in [6.45, 7) is 0.197. The number of carbonyl (C=O) groups excluding carboxylic acids is 2. The number of aromatic nitrogens is 1. The monoisotopic (exact) mass is 453 g/mol. The fourth-order valence-corrected chi connectivity index (χ4v) is 4.51. The Kier molecular flexibility index (Phi) is 6.18. The van der Waals surface area contributed by atoms with Gasteiger partial charge in [0.15, 0.2) is 4.80 Å². The third-order valence-electron chi connectivity index (χ3n) is 4.02. The number of sulfonamides is 1. The Morgan fingerprint density at radius 3 is 2.66 bits per heavy atom. The van der Waals surface area contributed by atoms with Gasteiger partial charge < -0.3 is 9.30 Å². The van der Waals surface area contributed by atoms with Crippen molar-refractivity contribution in [2.45, 2.75) is 17.9 Å². The number of benzene rings is 2. The summed E-state index contributed by atoms with van der Waals surface area (Å²) >= 11 is 7.04. The number of methoxy groups -OCH3 is 1. The first kappa shape index (κ1) is 21.2. The van der Waals surface area contributed by atoms with Crippen molar-refractivity contribution in [1.82, 2.24) is 4.57 Å². The Hall–Kier alpha value is -2.53. The molecule has 1 amide bonds. The van der Waals surface area contributed by atoms with Gasteiger partial charge in [-0.05, 0) is 36.4 Å². The molecule has 0 saturated carbocycles. The van der Waals surface area contributed by atoms with Gasteiger partial charge in [-0.25, -0.2) is 13.6 Å². The van der Waals surface area contributed by atoms with Crippen molar-refractivity contribution in [3.05, 3.63) is 57.9 Å². The van der Waals surface area contributed by atoms with E-state index in [2.05, 4.69) is 9.73 Å². The normalized spacial score (nSPS) is 12.3. The third-order valence-corrected chi connectivity index (χ3v) is 6.21. The number of amides is 1. The van der Waals surface area contributed by atoms with Crippen molar-refractivity contribution in [3.63, 3.8) is 0 Å². The molecule has 0 saturated heterocycles. The second kappa shape index (κ2) is 8.46. The number of ether oxygens (including phenoxy) is 1. The van der Waals surface area contributed by atoms with Crippen LogP contribution in [0.3, 0.4) is 0 Å². The molecule has 1 heterocycles. The standard InChI is InChI=1S/C18H16ClN3O5S2/c1-27-16(23)7-8-22-14-6-5-13(29(20,25)26)10-15(14)28-18(22)21-17(24)11-3-2-4-12(19)9-11/h2-6,9-10H,7-8H2,1H3,(H2,20,25,26). The van der Waals surface area contributed by atoms with Crippen LogP contribution < -0.4 is 9.94 Å². The van der Waals surface area contributed by atoms with Gasteiger partial charge in [-0.3, -0.25) is 9.59 Å². The van der Waals surface area contributed by atoms with E-state index in [4.69, 9.17) is 16.7 Å². The molecule has 29 heavy (non-hydrogen) atoms. The number of aryl methyl sites for hydroxylation is 1. The van der Waals surface area contributed by atoms with E-state index >= 15 is 0 Å². The van der Waals surface area contributed by atoms with Crippen molar-refractivity contribution in [2.75, 3.05) is 7.11 Å². The minimum Gasteiger partial charge on any atom is -0.469 e. The number of thiazole rings is 1. The van der Waals surface area contributed by atoms with E-state index in [0.717, 1.165) is 11.3 Å². The number of nitrogens with zero attached hydrogens (tertiary/aromatic N) is 2. The first-order chi connectivity index (χ1) is 13.7. The molecule has 0 aliphatic heterocycles. The Morgan fingerprint density at radius 2 is 2.00 bits per heavy atom. The lowest BCUT2D eigenvalue weighted by molar-refractivity contribution is -0.140. The smallest absolute Gasteiger partial charge is 0.307 e. The Morgan fingerprint density at radius 1 is 1.24 bits per heavy atom. The van der Waals surface area contributed by atoms with E-state index in [0.29, 0.717) is 25.6 Å². The summed E-state index contributed by atoms with van der Waals surface area (Å²) in [4.78, 5) is 28.6. The molecule has 0 bridgehead atoms. The zero-order chi connectivity index (χ0) is 21.2. The molecule has 0 atom stereocenters. The topological polar surface area (TPSA) is 121 Å². The van der Waals surface area contributed by atoms with Crippen molar-refractivity contribution >= 4 is 55.1 Å². The Bertz CT molecular complexity index is 1280. The maximum Gasteiger partial charge on any atom is 0.307 e. The van der Waals surface area contributed by atoms with Crippen molar-refractivity contribution in [2.24, 2.45) is 10.1 Å². The first-order valence-electron chi connectivity index (χ1n) is 8.26. The van der Waals surface area contributed by atoms with Crippen molar-refractivity contribution in [3.8, 4) is 0 Å². The second-order valence-corrected chi connectivity index (χ2v) is 8.97. The molecule has 0 aliphatic carbocycles. The summed E-state index contributed by atoms with van der Waals surface area (Å²) in [5.41, 5.74) is 0.920. The average Bonchev–Trinajstić information content (AvgIpc) is 3.01. The van der Waals surface area contributed by atoms with Gasteiger partial charge in [0.05, 0.1) is 28.6 Å². The third kappa shape index (κ3) is 4.91. The van der Waals surface area contributed by atoms with E-state index in [1.807, 2.05) is 0 Å². The number of primary sulfonamides is 1. The summed E-state index contributed by atoms with van der Waals surface area (Å²) in [7, 11) is -2.60. The van der Waals surface area contributed by atoms with E-state index in [-0.39, 0.29) is 17.9 Å². The van der Waals surface area contributed by atoms with E-state index in [1.165, 1.54) is 25.3 Å². The van der Waals surface area contributed by atoms with Crippen LogP contribution in [-0.4, -0.2) is 32.0 Å². The van der Waals surface area contributed by atoms with Gasteiger partial charge in [0, 0.05) is 17.1 Å². The maximum absolute atomic E-state index is 12.6. The molecule has 0 unspecified atom stereocenters. The Labute approximate surface area is 175 Å². The molecule has 3 aromatic rings. The number of esters is 1. The van der Waals surface area contributed by atoms with Crippen molar-refractivity contribution < 1.29 is 22.7 Å². The van der Waals surface area contributed by atoms with Gasteiger partial charge in [0.1, 0.15) is 0 Å². The zero-order valence-corrected chi connectivity index (χ0v) is 17.6. The molecule has 2 aromatic carbocycles. The van der Waals surface area contributed by atoms with Crippen LogP contribution in [0.2, 0.25) is 5.02 Å². The van der Waals surface area contributed by atoms with Gasteiger partial charge >= 0.3 is 5.97 Å². The van der Waals surface area contributed by atoms with Crippen LogP contribution in [0.5, 0.6) is 0 Å². The predicted molar refractivity (Wildman–Crippen MR) is 109 cm³/mol. The van der Waals surface area contributed by atoms with Gasteiger partial charge in [-0.1, -0.05) is 29.0 Å². The number of fused-ring (bicyclic) bond motifs is 1. The van der Waals surface area contributed by atoms with Crippen LogP contribution in [0.1, 0.15) is 16.8 Å². The molecule has 11 heteroatoms. The second-order valence-electron chi connectivity index (χ2n) is 5.96. The quantitative estimate of drug-likeness (QED) is 0.594. The lowest BCUT2D eigenvalue weighted by Crippen LogP contribution is -2.19. The fraction of sp³-hybridized carbons (Fsp3) is 0.167. The SMILES string of the molecule is COC(=O)CCn1c(=NC(=O)c2cccc(Cl)c2)sc2cc(S(N)(=O)=O)ccc21. The molecule has 1 aromatic heterocycles. The van der Waals surface area contributed by atoms with Crippen molar-refractivity contribution in [1.29, 1.82) is 0 Å². The molecular weight excluding hydrogens is 438 g/mol. The summed E-state index contributed by atoms with van der Waals surface area (Å²) in [5, 5.41) is 5.60. The first-order valence-corrected chi connectivity index (χ1v) is 11.0. The highest BCUT2D eigenvalue weighted by Gasteiger charge is 2.14. The molecule has 152 valence electrons. The van der Waals surface area contributed by atoms with E-state index < -0.39 is 21.9 Å². The summed E-state index contributed by atoms with van der Waals surface area (Å²) in [6.07, 6.45) is 0.0534.